The number of amidine groups is 1. The van der Waals surface area contributed by atoms with Crippen molar-refractivity contribution in [3.05, 3.63) is 126 Å². The van der Waals surface area contributed by atoms with Crippen molar-refractivity contribution < 1.29 is 4.42 Å². The number of nitrogens with one attached hydrogen (secondary N) is 1. The molecule has 0 aliphatic rings. The lowest BCUT2D eigenvalue weighted by atomic mass is 9.91. The summed E-state index contributed by atoms with van der Waals surface area (Å²) in [7, 11) is 0. The van der Waals surface area contributed by atoms with Gasteiger partial charge >= 0.3 is 0 Å². The summed E-state index contributed by atoms with van der Waals surface area (Å²) >= 11 is 0. The van der Waals surface area contributed by atoms with Crippen molar-refractivity contribution in [2.45, 2.75) is 5.92 Å². The summed E-state index contributed by atoms with van der Waals surface area (Å²) in [6.07, 6.45) is 1.67. The fourth-order valence-electron chi connectivity index (χ4n) is 3.22. The van der Waals surface area contributed by atoms with Crippen LogP contribution in [0, 0.1) is 0 Å². The third-order valence-electron chi connectivity index (χ3n) is 4.63. The molecule has 0 atom stereocenters. The standard InChI is InChI=1S/C25H22N2O/c1-4-11-20(12-5-1)23(21-13-6-2-7-14-21)19-26-25(24-17-10-18-28-24)27-22-15-8-3-9-16-22/h1-18,23H,19H2,(H,26,27). The van der Waals surface area contributed by atoms with Crippen LogP contribution in [0.15, 0.2) is 119 Å². The summed E-state index contributed by atoms with van der Waals surface area (Å²) in [4.78, 5) is 4.77. The fraction of sp³-hybridized carbons (Fsp3) is 0.0800. The first-order valence-electron chi connectivity index (χ1n) is 9.41. The van der Waals surface area contributed by atoms with Gasteiger partial charge in [0.1, 0.15) is 0 Å². The Kier molecular flexibility index (Phi) is 5.64. The van der Waals surface area contributed by atoms with Gasteiger partial charge < -0.3 is 9.73 Å². The van der Waals surface area contributed by atoms with Gasteiger partial charge in [0.05, 0.1) is 12.0 Å². The van der Waals surface area contributed by atoms with Gasteiger partial charge in [-0.2, -0.15) is 0 Å². The highest BCUT2D eigenvalue weighted by atomic mass is 16.3. The molecule has 1 heterocycles. The molecule has 0 fully saturated rings. The van der Waals surface area contributed by atoms with E-state index in [0.717, 1.165) is 17.3 Å². The Morgan fingerprint density at radius 2 is 1.29 bits per heavy atom. The van der Waals surface area contributed by atoms with Gasteiger partial charge in [-0.05, 0) is 35.4 Å². The molecule has 0 spiro atoms. The molecule has 0 saturated carbocycles. The van der Waals surface area contributed by atoms with E-state index in [4.69, 9.17) is 9.41 Å². The molecule has 0 saturated heterocycles. The van der Waals surface area contributed by atoms with Gasteiger partial charge in [0.2, 0.25) is 0 Å². The molecule has 0 unspecified atom stereocenters. The Labute approximate surface area is 165 Å². The topological polar surface area (TPSA) is 37.5 Å². The van der Waals surface area contributed by atoms with Crippen molar-refractivity contribution in [2.24, 2.45) is 4.99 Å². The third kappa shape index (κ3) is 4.38. The van der Waals surface area contributed by atoms with Gasteiger partial charge in [-0.25, -0.2) is 4.99 Å². The maximum Gasteiger partial charge on any atom is 0.170 e. The third-order valence-corrected chi connectivity index (χ3v) is 4.63. The van der Waals surface area contributed by atoms with E-state index in [1.165, 1.54) is 11.1 Å². The van der Waals surface area contributed by atoms with E-state index in [0.29, 0.717) is 6.54 Å². The lowest BCUT2D eigenvalue weighted by Gasteiger charge is -2.20. The van der Waals surface area contributed by atoms with Crippen LogP contribution < -0.4 is 5.32 Å². The van der Waals surface area contributed by atoms with Crippen molar-refractivity contribution in [1.29, 1.82) is 0 Å². The van der Waals surface area contributed by atoms with Gasteiger partial charge in [-0.3, -0.25) is 0 Å². The second-order valence-corrected chi connectivity index (χ2v) is 6.53. The largest absolute Gasteiger partial charge is 0.461 e. The van der Waals surface area contributed by atoms with Gasteiger partial charge in [-0.1, -0.05) is 78.9 Å². The molecular weight excluding hydrogens is 344 g/mol. The summed E-state index contributed by atoms with van der Waals surface area (Å²) in [5.74, 6) is 1.66. The lowest BCUT2D eigenvalue weighted by molar-refractivity contribution is 0.552. The molecule has 0 amide bonds. The zero-order valence-corrected chi connectivity index (χ0v) is 15.5. The number of aliphatic imine (C=N–C) groups is 1. The minimum absolute atomic E-state index is 0.207. The van der Waals surface area contributed by atoms with Crippen LogP contribution in [0.2, 0.25) is 0 Å². The van der Waals surface area contributed by atoms with Crippen LogP contribution in [-0.2, 0) is 0 Å². The number of para-hydroxylation sites is 1. The van der Waals surface area contributed by atoms with Crippen LogP contribution in [0.25, 0.3) is 0 Å². The monoisotopic (exact) mass is 366 g/mol. The molecule has 3 aromatic carbocycles. The minimum Gasteiger partial charge on any atom is -0.461 e. The molecule has 0 radical (unpaired) electrons. The number of nitrogens with zero attached hydrogens (tertiary/aromatic N) is 1. The maximum atomic E-state index is 5.62. The zero-order valence-electron chi connectivity index (χ0n) is 15.5. The van der Waals surface area contributed by atoms with Gasteiger partial charge in [-0.15, -0.1) is 0 Å². The van der Waals surface area contributed by atoms with Gasteiger partial charge in [0.15, 0.2) is 11.6 Å². The number of hydrogen-bond acceptors (Lipinski definition) is 2. The Balaban J connectivity index is 1.63. The van der Waals surface area contributed by atoms with E-state index in [1.54, 1.807) is 6.26 Å². The normalized spacial score (nSPS) is 11.5. The molecule has 3 nitrogen and oxygen atoms in total. The second kappa shape index (κ2) is 8.87. The van der Waals surface area contributed by atoms with E-state index < -0.39 is 0 Å². The molecular formula is C25H22N2O. The summed E-state index contributed by atoms with van der Waals surface area (Å²) in [5.41, 5.74) is 3.41. The van der Waals surface area contributed by atoms with Crippen LogP contribution in [0.4, 0.5) is 5.69 Å². The van der Waals surface area contributed by atoms with Gasteiger partial charge in [0, 0.05) is 12.5 Å². The molecule has 28 heavy (non-hydrogen) atoms. The van der Waals surface area contributed by atoms with E-state index in [2.05, 4.69) is 53.8 Å². The highest BCUT2D eigenvalue weighted by Crippen LogP contribution is 2.24. The van der Waals surface area contributed by atoms with Crippen molar-refractivity contribution in [2.75, 3.05) is 6.54 Å². The molecule has 1 N–H and O–H groups in total. The number of furan rings is 1. The summed E-state index contributed by atoms with van der Waals surface area (Å²) in [5, 5.41) is 3.52. The average Bonchev–Trinajstić information content (AvgIpc) is 3.30. The predicted octanol–water partition coefficient (Wildman–Crippen LogP) is 5.78. The number of hydrogen-bond donors (Lipinski definition) is 1. The van der Waals surface area contributed by atoms with Gasteiger partial charge in [0.25, 0.3) is 0 Å². The lowest BCUT2D eigenvalue weighted by Crippen LogP contribution is -2.29. The van der Waals surface area contributed by atoms with E-state index in [9.17, 15) is 0 Å². The molecule has 4 aromatic rings. The van der Waals surface area contributed by atoms with E-state index in [-0.39, 0.29) is 5.92 Å². The molecule has 0 bridgehead atoms. The van der Waals surface area contributed by atoms with Crippen LogP contribution in [0.1, 0.15) is 22.8 Å². The summed E-state index contributed by atoms with van der Waals surface area (Å²) in [6.45, 7) is 0.709. The summed E-state index contributed by atoms with van der Waals surface area (Å²) in [6, 6.07) is 34.8. The number of rotatable bonds is 6. The Morgan fingerprint density at radius 3 is 1.82 bits per heavy atom. The Morgan fingerprint density at radius 1 is 0.714 bits per heavy atom. The predicted molar refractivity (Wildman–Crippen MR) is 114 cm³/mol. The molecule has 4 rings (SSSR count). The molecule has 0 aliphatic heterocycles. The van der Waals surface area contributed by atoms with Crippen LogP contribution in [-0.4, -0.2) is 12.4 Å². The molecule has 0 aliphatic carbocycles. The zero-order chi connectivity index (χ0) is 19.0. The van der Waals surface area contributed by atoms with Crippen molar-refractivity contribution in [3.63, 3.8) is 0 Å². The van der Waals surface area contributed by atoms with Crippen molar-refractivity contribution >= 4 is 11.5 Å². The Hall–Kier alpha value is -3.59. The first kappa shape index (κ1) is 17.8. The summed E-state index contributed by atoms with van der Waals surface area (Å²) < 4.78 is 5.62. The quantitative estimate of drug-likeness (QED) is 0.347. The smallest absolute Gasteiger partial charge is 0.170 e. The number of benzene rings is 3. The van der Waals surface area contributed by atoms with Crippen LogP contribution in [0.3, 0.4) is 0 Å². The first-order chi connectivity index (χ1) is 13.9. The fourth-order valence-corrected chi connectivity index (χ4v) is 3.22. The highest BCUT2D eigenvalue weighted by molar-refractivity contribution is 5.98. The maximum absolute atomic E-state index is 5.62. The minimum atomic E-state index is 0.207. The van der Waals surface area contributed by atoms with Crippen molar-refractivity contribution in [1.82, 2.24) is 5.32 Å². The van der Waals surface area contributed by atoms with E-state index >= 15 is 0 Å². The second-order valence-electron chi connectivity index (χ2n) is 6.53. The van der Waals surface area contributed by atoms with Crippen LogP contribution in [0.5, 0.6) is 0 Å². The average molecular weight is 366 g/mol. The van der Waals surface area contributed by atoms with E-state index in [1.807, 2.05) is 54.6 Å². The molecule has 1 aromatic heterocycles. The highest BCUT2D eigenvalue weighted by Gasteiger charge is 2.16. The Bertz CT molecular complexity index is 955. The SMILES string of the molecule is c1ccc(/N=C(\NCC(c2ccccc2)c2ccccc2)c2ccco2)cc1. The van der Waals surface area contributed by atoms with Crippen LogP contribution >= 0.6 is 0 Å². The molecule has 3 heteroatoms. The molecule has 138 valence electrons. The van der Waals surface area contributed by atoms with Crippen molar-refractivity contribution in [3.8, 4) is 0 Å². The first-order valence-corrected chi connectivity index (χ1v) is 9.41.